The number of hydrogen-bond acceptors (Lipinski definition) is 6. The van der Waals surface area contributed by atoms with Gasteiger partial charge in [-0.1, -0.05) is 0 Å². The predicted octanol–water partition coefficient (Wildman–Crippen LogP) is 3.07. The van der Waals surface area contributed by atoms with Crippen LogP contribution in [0.3, 0.4) is 0 Å². The number of hydrogen-bond donors (Lipinski definition) is 0. The van der Waals surface area contributed by atoms with Gasteiger partial charge in [0.15, 0.2) is 5.65 Å². The fourth-order valence-corrected chi connectivity index (χ4v) is 5.00. The SMILES string of the molecule is O=C(c1ccc2cccnc2n1)N1CCCN(S(=O)(=O)c2ccc(OC(F)(F)F)cc2)CC1. The van der Waals surface area contributed by atoms with Crippen LogP contribution >= 0.6 is 0 Å². The average molecular weight is 480 g/mol. The molecule has 0 N–H and O–H groups in total. The number of ether oxygens (including phenoxy) is 1. The zero-order chi connectivity index (χ0) is 23.6. The molecular weight excluding hydrogens is 461 g/mol. The Morgan fingerprint density at radius 3 is 2.45 bits per heavy atom. The van der Waals surface area contributed by atoms with E-state index in [1.165, 1.54) is 9.21 Å². The Labute approximate surface area is 187 Å². The molecule has 1 aliphatic heterocycles. The zero-order valence-electron chi connectivity index (χ0n) is 17.2. The van der Waals surface area contributed by atoms with Gasteiger partial charge < -0.3 is 9.64 Å². The lowest BCUT2D eigenvalue weighted by Crippen LogP contribution is -2.37. The highest BCUT2D eigenvalue weighted by Gasteiger charge is 2.32. The predicted molar refractivity (Wildman–Crippen MR) is 112 cm³/mol. The lowest BCUT2D eigenvalue weighted by Gasteiger charge is -2.22. The van der Waals surface area contributed by atoms with Gasteiger partial charge in [0.25, 0.3) is 5.91 Å². The minimum atomic E-state index is -4.86. The Hall–Kier alpha value is -3.25. The van der Waals surface area contributed by atoms with Crippen LogP contribution in [0, 0.1) is 0 Å². The number of halogens is 3. The van der Waals surface area contributed by atoms with Gasteiger partial charge in [-0.15, -0.1) is 13.2 Å². The van der Waals surface area contributed by atoms with Gasteiger partial charge in [0.2, 0.25) is 10.0 Å². The van der Waals surface area contributed by atoms with Gasteiger partial charge in [-0.05, 0) is 55.0 Å². The first kappa shape index (κ1) is 22.9. The summed E-state index contributed by atoms with van der Waals surface area (Å²) in [7, 11) is -3.96. The molecule has 174 valence electrons. The van der Waals surface area contributed by atoms with Gasteiger partial charge in [0.05, 0.1) is 4.90 Å². The highest BCUT2D eigenvalue weighted by molar-refractivity contribution is 7.89. The fourth-order valence-electron chi connectivity index (χ4n) is 3.53. The van der Waals surface area contributed by atoms with Crippen molar-refractivity contribution in [2.75, 3.05) is 26.2 Å². The summed E-state index contributed by atoms with van der Waals surface area (Å²) in [6.07, 6.45) is -2.89. The molecule has 3 aromatic rings. The maximum atomic E-state index is 13.0. The van der Waals surface area contributed by atoms with Crippen LogP contribution in [0.1, 0.15) is 16.9 Å². The number of benzene rings is 1. The molecule has 0 atom stereocenters. The first-order valence-corrected chi connectivity index (χ1v) is 11.4. The summed E-state index contributed by atoms with van der Waals surface area (Å²) in [5.74, 6) is -0.832. The zero-order valence-corrected chi connectivity index (χ0v) is 18.0. The third-order valence-electron chi connectivity index (χ3n) is 5.12. The van der Waals surface area contributed by atoms with E-state index in [4.69, 9.17) is 0 Å². The first-order valence-electron chi connectivity index (χ1n) is 10.0. The highest BCUT2D eigenvalue weighted by atomic mass is 32.2. The average Bonchev–Trinajstić information content (AvgIpc) is 3.04. The van der Waals surface area contributed by atoms with Crippen LogP contribution in [0.4, 0.5) is 13.2 Å². The Bertz CT molecular complexity index is 1270. The molecule has 0 bridgehead atoms. The summed E-state index contributed by atoms with van der Waals surface area (Å²) in [5, 5.41) is 0.800. The molecule has 2 aromatic heterocycles. The van der Waals surface area contributed by atoms with Crippen LogP contribution in [0.25, 0.3) is 11.0 Å². The van der Waals surface area contributed by atoms with Crippen LogP contribution in [0.5, 0.6) is 5.75 Å². The summed E-state index contributed by atoms with van der Waals surface area (Å²) in [6.45, 7) is 0.695. The van der Waals surface area contributed by atoms with Gasteiger partial charge >= 0.3 is 6.36 Å². The number of amides is 1. The molecule has 33 heavy (non-hydrogen) atoms. The smallest absolute Gasteiger partial charge is 0.406 e. The lowest BCUT2D eigenvalue weighted by molar-refractivity contribution is -0.274. The third kappa shape index (κ3) is 5.22. The van der Waals surface area contributed by atoms with Crippen molar-refractivity contribution < 1.29 is 31.1 Å². The normalized spacial score (nSPS) is 15.9. The van der Waals surface area contributed by atoms with Gasteiger partial charge in [0.1, 0.15) is 11.4 Å². The lowest BCUT2D eigenvalue weighted by atomic mass is 10.2. The summed E-state index contributed by atoms with van der Waals surface area (Å²) < 4.78 is 67.9. The number of aromatic nitrogens is 2. The van der Waals surface area contributed by atoms with Crippen LogP contribution in [0.15, 0.2) is 59.6 Å². The van der Waals surface area contributed by atoms with E-state index in [-0.39, 0.29) is 36.1 Å². The third-order valence-corrected chi connectivity index (χ3v) is 7.03. The summed E-state index contributed by atoms with van der Waals surface area (Å²) in [6, 6.07) is 11.0. The Morgan fingerprint density at radius 1 is 0.970 bits per heavy atom. The molecule has 4 rings (SSSR count). The molecular formula is C21H19F3N4O4S. The van der Waals surface area contributed by atoms with E-state index in [2.05, 4.69) is 14.7 Å². The van der Waals surface area contributed by atoms with Crippen LogP contribution in [-0.4, -0.2) is 66.0 Å². The molecule has 1 aliphatic rings. The van der Waals surface area contributed by atoms with Crippen LogP contribution < -0.4 is 4.74 Å². The van der Waals surface area contributed by atoms with Crippen molar-refractivity contribution in [3.63, 3.8) is 0 Å². The van der Waals surface area contributed by atoms with E-state index in [1.54, 1.807) is 24.4 Å². The maximum absolute atomic E-state index is 13.0. The molecule has 1 amide bonds. The van der Waals surface area contributed by atoms with E-state index < -0.39 is 22.1 Å². The molecule has 0 saturated carbocycles. The summed E-state index contributed by atoms with van der Waals surface area (Å²) >= 11 is 0. The van der Waals surface area contributed by atoms with E-state index in [0.29, 0.717) is 18.6 Å². The van der Waals surface area contributed by atoms with Crippen molar-refractivity contribution in [2.24, 2.45) is 0 Å². The molecule has 0 aliphatic carbocycles. The van der Waals surface area contributed by atoms with Crippen molar-refractivity contribution in [1.82, 2.24) is 19.2 Å². The Balaban J connectivity index is 1.46. The van der Waals surface area contributed by atoms with Crippen molar-refractivity contribution in [2.45, 2.75) is 17.7 Å². The van der Waals surface area contributed by atoms with E-state index in [0.717, 1.165) is 29.7 Å². The Morgan fingerprint density at radius 2 is 1.73 bits per heavy atom. The molecule has 12 heteroatoms. The Kier molecular flexibility index (Phi) is 6.21. The molecule has 0 unspecified atom stereocenters. The summed E-state index contributed by atoms with van der Waals surface area (Å²) in [5.41, 5.74) is 0.665. The topological polar surface area (TPSA) is 92.7 Å². The number of carbonyl (C=O) groups is 1. The van der Waals surface area contributed by atoms with Crippen LogP contribution in [0.2, 0.25) is 0 Å². The molecule has 0 spiro atoms. The first-order chi connectivity index (χ1) is 15.6. The number of carbonyl (C=O) groups excluding carboxylic acids is 1. The second-order valence-electron chi connectivity index (χ2n) is 7.32. The number of sulfonamides is 1. The monoisotopic (exact) mass is 480 g/mol. The van der Waals surface area contributed by atoms with Gasteiger partial charge in [0, 0.05) is 37.8 Å². The number of nitrogens with zero attached hydrogens (tertiary/aromatic N) is 4. The molecule has 1 aromatic carbocycles. The minimum Gasteiger partial charge on any atom is -0.406 e. The van der Waals surface area contributed by atoms with Crippen molar-refractivity contribution in [3.05, 3.63) is 60.4 Å². The maximum Gasteiger partial charge on any atom is 0.573 e. The minimum absolute atomic E-state index is 0.0424. The highest BCUT2D eigenvalue weighted by Crippen LogP contribution is 2.25. The van der Waals surface area contributed by atoms with E-state index in [9.17, 15) is 26.4 Å². The van der Waals surface area contributed by atoms with E-state index >= 15 is 0 Å². The van der Waals surface area contributed by atoms with E-state index in [1.807, 2.05) is 6.07 Å². The second-order valence-corrected chi connectivity index (χ2v) is 9.25. The number of rotatable bonds is 4. The van der Waals surface area contributed by atoms with Gasteiger partial charge in [-0.2, -0.15) is 4.31 Å². The van der Waals surface area contributed by atoms with Gasteiger partial charge in [-0.25, -0.2) is 18.4 Å². The molecule has 1 saturated heterocycles. The fraction of sp³-hybridized carbons (Fsp3) is 0.286. The quantitative estimate of drug-likeness (QED) is 0.570. The standard InChI is InChI=1S/C21H19F3N4O4S/c22-21(23,24)32-16-5-7-17(8-6-16)33(30,31)28-12-2-11-27(13-14-28)20(29)18-9-4-15-3-1-10-25-19(15)26-18/h1,3-10H,2,11-14H2. The molecule has 1 fully saturated rings. The van der Waals surface area contributed by atoms with Crippen molar-refractivity contribution >= 4 is 27.0 Å². The second kappa shape index (κ2) is 8.94. The summed E-state index contributed by atoms with van der Waals surface area (Å²) in [4.78, 5) is 22.8. The van der Waals surface area contributed by atoms with Crippen molar-refractivity contribution in [1.29, 1.82) is 0 Å². The van der Waals surface area contributed by atoms with Gasteiger partial charge in [-0.3, -0.25) is 4.79 Å². The number of fused-ring (bicyclic) bond motifs is 1. The molecule has 0 radical (unpaired) electrons. The van der Waals surface area contributed by atoms with Crippen LogP contribution in [-0.2, 0) is 10.0 Å². The molecule has 8 nitrogen and oxygen atoms in total. The number of alkyl halides is 3. The molecule has 3 heterocycles. The number of pyridine rings is 2. The van der Waals surface area contributed by atoms with Crippen molar-refractivity contribution in [3.8, 4) is 5.75 Å². The largest absolute Gasteiger partial charge is 0.573 e.